The molecule has 1 saturated carbocycles. The number of benzene rings is 3. The Balaban J connectivity index is 1.39. The normalized spacial score (nSPS) is 28.3. The smallest absolute Gasteiger partial charge is 0.241 e. The molecule has 1 N–H and O–H groups in total. The average molecular weight is 789 g/mol. The van der Waals surface area contributed by atoms with Crippen LogP contribution in [0, 0.1) is 45.4 Å². The number of phenols is 1. The number of phenolic OH excluding ortho intramolecular Hbond substituents is 1. The Morgan fingerprint density at radius 1 is 0.936 bits per heavy atom. The van der Waals surface area contributed by atoms with E-state index in [1.165, 1.54) is 24.1 Å². The Morgan fingerprint density at radius 3 is 2.30 bits per heavy atom. The largest absolute Gasteiger partial charge is 0.504 e. The van der Waals surface area contributed by atoms with E-state index in [1.807, 2.05) is 35.6 Å². The van der Waals surface area contributed by atoms with E-state index in [0.717, 1.165) is 22.1 Å². The maximum atomic E-state index is 14.6. The number of allylic oxidation sites excluding steroid dienone is 2. The molecule has 3 aromatic carbocycles. The lowest BCUT2D eigenvalue weighted by molar-refractivity contribution is -0.131. The van der Waals surface area contributed by atoms with Gasteiger partial charge in [-0.15, -0.1) is 0 Å². The lowest BCUT2D eigenvalue weighted by atomic mass is 9.51. The predicted molar refractivity (Wildman–Crippen MR) is 182 cm³/mol. The van der Waals surface area contributed by atoms with Crippen LogP contribution in [0.1, 0.15) is 36.8 Å². The lowest BCUT2D eigenvalue weighted by Crippen LogP contribution is -2.48. The average Bonchev–Trinajstić information content (AvgIpc) is 3.40. The summed E-state index contributed by atoms with van der Waals surface area (Å²) in [5.41, 5.74) is 1.38. The predicted octanol–water partition coefficient (Wildman–Crippen LogP) is 7.20. The molecule has 0 radical (unpaired) electrons. The van der Waals surface area contributed by atoms with Crippen LogP contribution in [0.4, 0.5) is 15.8 Å². The van der Waals surface area contributed by atoms with Crippen molar-refractivity contribution in [2.24, 2.45) is 29.1 Å². The number of aryl methyl sites for hydroxylation is 1. The van der Waals surface area contributed by atoms with Crippen molar-refractivity contribution in [3.63, 3.8) is 0 Å². The number of rotatable bonds is 4. The number of fused-ring (bicyclic) bond motifs is 4. The third kappa shape index (κ3) is 4.58. The Hall–Kier alpha value is -3.48. The van der Waals surface area contributed by atoms with Crippen molar-refractivity contribution in [3.05, 3.63) is 90.7 Å². The molecule has 8 nitrogen and oxygen atoms in total. The van der Waals surface area contributed by atoms with Crippen LogP contribution in [0.5, 0.6) is 11.5 Å². The van der Waals surface area contributed by atoms with Gasteiger partial charge in [-0.25, -0.2) is 14.2 Å². The van der Waals surface area contributed by atoms with Gasteiger partial charge < -0.3 is 9.84 Å². The molecule has 47 heavy (non-hydrogen) atoms. The van der Waals surface area contributed by atoms with Gasteiger partial charge in [0.15, 0.2) is 11.5 Å². The van der Waals surface area contributed by atoms with Crippen LogP contribution < -0.4 is 14.5 Å². The summed E-state index contributed by atoms with van der Waals surface area (Å²) >= 11 is 14.5. The van der Waals surface area contributed by atoms with Gasteiger partial charge in [0, 0.05) is 10.9 Å². The topological polar surface area (TPSA) is 104 Å². The highest BCUT2D eigenvalue weighted by Crippen LogP contribution is 2.64. The summed E-state index contributed by atoms with van der Waals surface area (Å²) in [4.78, 5) is 59.3. The van der Waals surface area contributed by atoms with E-state index in [9.17, 15) is 28.7 Å². The highest BCUT2D eigenvalue weighted by atomic mass is 127. The zero-order chi connectivity index (χ0) is 33.7. The zero-order valence-corrected chi connectivity index (χ0v) is 29.1. The molecule has 2 aliphatic carbocycles. The van der Waals surface area contributed by atoms with Gasteiger partial charge in [0.25, 0.3) is 0 Å². The quantitative estimate of drug-likeness (QED) is 0.171. The fourth-order valence-corrected chi connectivity index (χ4v) is 9.13. The van der Waals surface area contributed by atoms with Crippen molar-refractivity contribution >= 4 is 80.8 Å². The van der Waals surface area contributed by atoms with Crippen molar-refractivity contribution < 1.29 is 33.4 Å². The van der Waals surface area contributed by atoms with E-state index in [0.29, 0.717) is 19.8 Å². The van der Waals surface area contributed by atoms with Crippen LogP contribution in [0.3, 0.4) is 0 Å². The number of nitrogens with zero attached hydrogens (tertiary/aromatic N) is 2. The molecule has 2 heterocycles. The molecule has 3 fully saturated rings. The third-order valence-electron chi connectivity index (χ3n) is 10.5. The molecule has 4 aliphatic rings. The summed E-state index contributed by atoms with van der Waals surface area (Å²) in [6.07, 6.45) is 2.35. The highest BCUT2D eigenvalue weighted by molar-refractivity contribution is 14.1. The van der Waals surface area contributed by atoms with Gasteiger partial charge in [-0.1, -0.05) is 40.9 Å². The van der Waals surface area contributed by atoms with Gasteiger partial charge >= 0.3 is 0 Å². The van der Waals surface area contributed by atoms with Crippen LogP contribution in [0.2, 0.25) is 10.0 Å². The molecular formula is C35H28Cl2FIN2O6. The summed E-state index contributed by atoms with van der Waals surface area (Å²) in [5.74, 6) is -5.86. The van der Waals surface area contributed by atoms with Gasteiger partial charge in [0.2, 0.25) is 23.6 Å². The van der Waals surface area contributed by atoms with Gasteiger partial charge in [-0.3, -0.25) is 19.2 Å². The van der Waals surface area contributed by atoms with E-state index in [-0.39, 0.29) is 46.9 Å². The molecule has 4 amide bonds. The number of amides is 4. The first-order valence-corrected chi connectivity index (χ1v) is 16.9. The van der Waals surface area contributed by atoms with E-state index in [2.05, 4.69) is 0 Å². The number of ether oxygens (including phenoxy) is 1. The summed E-state index contributed by atoms with van der Waals surface area (Å²) in [7, 11) is 1.42. The lowest BCUT2D eigenvalue weighted by Gasteiger charge is -2.49. The van der Waals surface area contributed by atoms with Crippen molar-refractivity contribution in [3.8, 4) is 11.5 Å². The Morgan fingerprint density at radius 2 is 1.62 bits per heavy atom. The highest BCUT2D eigenvalue weighted by Gasteiger charge is 2.67. The van der Waals surface area contributed by atoms with E-state index in [1.54, 1.807) is 37.3 Å². The first-order chi connectivity index (χ1) is 22.3. The molecule has 3 aromatic rings. The Bertz CT molecular complexity index is 1970. The number of methoxy groups -OCH3 is 1. The standard InChI is InChI=1S/C35H28Cl2FIN2O6/c1-15-4-5-17(12-23(15)36)40-31(43)20-8-7-19-21(28(20)33(40)45)14-22-32(44)41(18-6-9-25(38)24(37)13-18)34(46)35(22,2)29(19)16-10-26(39)30(42)27(11-16)47-3/h4-7,9-13,20-22,28-29,42H,8,14H2,1-3H3/t20-,21+,22-,28-,29-,35+/m0/s1. The van der Waals surface area contributed by atoms with E-state index in [4.69, 9.17) is 27.9 Å². The Labute approximate surface area is 293 Å². The maximum Gasteiger partial charge on any atom is 0.241 e. The molecular weight excluding hydrogens is 761 g/mol. The molecule has 2 aliphatic heterocycles. The van der Waals surface area contributed by atoms with Gasteiger partial charge in [-0.05, 0) is 109 Å². The number of carbonyl (C=O) groups excluding carboxylic acids is 4. The second-order valence-electron chi connectivity index (χ2n) is 12.8. The van der Waals surface area contributed by atoms with Gasteiger partial charge in [-0.2, -0.15) is 0 Å². The number of hydrogen-bond acceptors (Lipinski definition) is 6. The minimum Gasteiger partial charge on any atom is -0.504 e. The van der Waals surface area contributed by atoms with E-state index >= 15 is 0 Å². The molecule has 6 atom stereocenters. The summed E-state index contributed by atoms with van der Waals surface area (Å²) in [5, 5.41) is 10.9. The van der Waals surface area contributed by atoms with Gasteiger partial charge in [0.05, 0.1) is 50.2 Å². The van der Waals surface area contributed by atoms with Crippen molar-refractivity contribution in [2.75, 3.05) is 16.9 Å². The number of halogens is 4. The zero-order valence-electron chi connectivity index (χ0n) is 25.4. The molecule has 0 aromatic heterocycles. The summed E-state index contributed by atoms with van der Waals surface area (Å²) < 4.78 is 20.1. The fraction of sp³-hybridized carbons (Fsp3) is 0.314. The molecule has 2 saturated heterocycles. The van der Waals surface area contributed by atoms with Crippen LogP contribution >= 0.6 is 45.8 Å². The molecule has 12 heteroatoms. The number of imide groups is 2. The summed E-state index contributed by atoms with van der Waals surface area (Å²) in [6.45, 7) is 3.57. The monoisotopic (exact) mass is 788 g/mol. The van der Waals surface area contributed by atoms with Crippen LogP contribution in [-0.2, 0) is 19.2 Å². The molecule has 0 spiro atoms. The molecule has 242 valence electrons. The first-order valence-electron chi connectivity index (χ1n) is 15.0. The van der Waals surface area contributed by atoms with Crippen LogP contribution in [0.15, 0.2) is 60.2 Å². The number of aromatic hydroxyl groups is 1. The SMILES string of the molecule is COc1cc([C@H]2C3=CC[C@@H]4C(=O)N(c5ccc(C)c(Cl)c5)C(=O)[C@@H]4[C@@H]3C[C@H]3C(=O)N(c4ccc(F)c(Cl)c4)C(=O)[C@@]23C)cc(I)c1O. The minimum atomic E-state index is -1.34. The first kappa shape index (κ1) is 32.1. The second kappa shape index (κ2) is 11.3. The number of hydrogen-bond donors (Lipinski definition) is 1. The molecule has 0 bridgehead atoms. The maximum absolute atomic E-state index is 14.6. The van der Waals surface area contributed by atoms with Crippen molar-refractivity contribution in [1.82, 2.24) is 0 Å². The fourth-order valence-electron chi connectivity index (χ4n) is 8.16. The van der Waals surface area contributed by atoms with Crippen LogP contribution in [-0.4, -0.2) is 35.8 Å². The number of carbonyl (C=O) groups is 4. The van der Waals surface area contributed by atoms with Crippen LogP contribution in [0.25, 0.3) is 0 Å². The van der Waals surface area contributed by atoms with Crippen molar-refractivity contribution in [2.45, 2.75) is 32.6 Å². The van der Waals surface area contributed by atoms with Crippen molar-refractivity contribution in [1.29, 1.82) is 0 Å². The Kier molecular flexibility index (Phi) is 7.72. The second-order valence-corrected chi connectivity index (χ2v) is 14.7. The number of anilines is 2. The minimum absolute atomic E-state index is 0.0658. The summed E-state index contributed by atoms with van der Waals surface area (Å²) in [6, 6.07) is 12.1. The van der Waals surface area contributed by atoms with E-state index < -0.39 is 52.6 Å². The third-order valence-corrected chi connectivity index (χ3v) is 12.0. The molecule has 7 rings (SSSR count). The van der Waals surface area contributed by atoms with Gasteiger partial charge in [0.1, 0.15) is 5.82 Å². The molecule has 0 unspecified atom stereocenters.